The number of benzene rings is 2. The molecule has 0 aliphatic heterocycles. The lowest BCUT2D eigenvalue weighted by molar-refractivity contribution is -0.142. The summed E-state index contributed by atoms with van der Waals surface area (Å²) in [4.78, 5) is 32.2. The van der Waals surface area contributed by atoms with Gasteiger partial charge in [0, 0.05) is 29.4 Å². The zero-order valence-electron chi connectivity index (χ0n) is 15.7. The van der Waals surface area contributed by atoms with Gasteiger partial charge >= 0.3 is 5.97 Å². The Bertz CT molecular complexity index is 994. The Hall–Kier alpha value is -3.25. The van der Waals surface area contributed by atoms with Crippen LogP contribution in [0, 0.1) is 0 Å². The molecule has 0 bridgehead atoms. The van der Waals surface area contributed by atoms with Gasteiger partial charge < -0.3 is 10.4 Å². The highest BCUT2D eigenvalue weighted by molar-refractivity contribution is 6.33. The van der Waals surface area contributed by atoms with Crippen LogP contribution < -0.4 is 5.32 Å². The summed E-state index contributed by atoms with van der Waals surface area (Å²) in [5, 5.41) is 12.7. The second-order valence-electron chi connectivity index (χ2n) is 6.59. The fraction of sp³-hybridized carbons (Fsp3) is 0.182. The largest absolute Gasteiger partial charge is 0.480 e. The lowest BCUT2D eigenvalue weighted by atomic mass is 9.96. The predicted octanol–water partition coefficient (Wildman–Crippen LogP) is 3.71. The van der Waals surface area contributed by atoms with Gasteiger partial charge in [0.05, 0.1) is 5.92 Å². The summed E-state index contributed by atoms with van der Waals surface area (Å²) in [7, 11) is 0. The van der Waals surface area contributed by atoms with Crippen LogP contribution in [0.25, 0.3) is 11.1 Å². The van der Waals surface area contributed by atoms with E-state index >= 15 is 0 Å². The normalized spacial score (nSPS) is 12.8. The number of hydrogen-bond acceptors (Lipinski definition) is 4. The van der Waals surface area contributed by atoms with Crippen LogP contribution in [-0.4, -0.2) is 33.0 Å². The first-order valence-electron chi connectivity index (χ1n) is 9.09. The Morgan fingerprint density at radius 3 is 2.31 bits per heavy atom. The van der Waals surface area contributed by atoms with Gasteiger partial charge in [-0.05, 0) is 30.2 Å². The van der Waals surface area contributed by atoms with Crippen LogP contribution in [0.3, 0.4) is 0 Å². The van der Waals surface area contributed by atoms with Crippen LogP contribution in [0.2, 0.25) is 5.02 Å². The second-order valence-corrected chi connectivity index (χ2v) is 7.00. The van der Waals surface area contributed by atoms with Gasteiger partial charge in [-0.1, -0.05) is 54.1 Å². The first-order valence-corrected chi connectivity index (χ1v) is 9.47. The molecule has 29 heavy (non-hydrogen) atoms. The number of aromatic nitrogens is 2. The SMILES string of the molecule is CC(C(=O)NC(Cc1ncccn1)C(=O)O)c1ccc(-c2ccccc2Cl)cc1. The summed E-state index contributed by atoms with van der Waals surface area (Å²) in [6, 6.07) is 15.6. The van der Waals surface area contributed by atoms with Gasteiger partial charge in [-0.3, -0.25) is 4.79 Å². The van der Waals surface area contributed by atoms with Gasteiger partial charge in [0.15, 0.2) is 0 Å². The van der Waals surface area contributed by atoms with E-state index in [-0.39, 0.29) is 12.3 Å². The fourth-order valence-corrected chi connectivity index (χ4v) is 3.16. The quantitative estimate of drug-likeness (QED) is 0.620. The van der Waals surface area contributed by atoms with Gasteiger partial charge in [-0.25, -0.2) is 14.8 Å². The molecule has 7 heteroatoms. The number of rotatable bonds is 7. The fourth-order valence-electron chi connectivity index (χ4n) is 2.91. The zero-order valence-corrected chi connectivity index (χ0v) is 16.5. The molecule has 148 valence electrons. The number of hydrogen-bond donors (Lipinski definition) is 2. The van der Waals surface area contributed by atoms with E-state index in [9.17, 15) is 14.7 Å². The molecule has 0 aliphatic rings. The average molecular weight is 410 g/mol. The van der Waals surface area contributed by atoms with Gasteiger partial charge in [-0.2, -0.15) is 0 Å². The molecule has 0 fully saturated rings. The number of carbonyl (C=O) groups is 2. The van der Waals surface area contributed by atoms with E-state index in [0.29, 0.717) is 10.8 Å². The van der Waals surface area contributed by atoms with Crippen LogP contribution >= 0.6 is 11.6 Å². The van der Waals surface area contributed by atoms with E-state index in [1.165, 1.54) is 12.4 Å². The van der Waals surface area contributed by atoms with E-state index in [2.05, 4.69) is 15.3 Å². The summed E-state index contributed by atoms with van der Waals surface area (Å²) in [6.07, 6.45) is 3.08. The van der Waals surface area contributed by atoms with E-state index in [4.69, 9.17) is 11.6 Å². The number of halogens is 1. The highest BCUT2D eigenvalue weighted by atomic mass is 35.5. The highest BCUT2D eigenvalue weighted by Crippen LogP contribution is 2.28. The molecule has 0 saturated heterocycles. The van der Waals surface area contributed by atoms with E-state index < -0.39 is 17.9 Å². The molecule has 2 aromatic carbocycles. The molecule has 1 heterocycles. The molecule has 0 radical (unpaired) electrons. The number of carboxylic acid groups (broad SMARTS) is 1. The van der Waals surface area contributed by atoms with Crippen molar-refractivity contribution in [1.29, 1.82) is 0 Å². The van der Waals surface area contributed by atoms with Crippen molar-refractivity contribution in [2.75, 3.05) is 0 Å². The second kappa shape index (κ2) is 9.30. The third-order valence-electron chi connectivity index (χ3n) is 4.61. The number of aliphatic carboxylic acids is 1. The van der Waals surface area contributed by atoms with Crippen molar-refractivity contribution in [3.05, 3.63) is 83.4 Å². The van der Waals surface area contributed by atoms with Crippen molar-refractivity contribution in [2.45, 2.75) is 25.3 Å². The molecule has 0 spiro atoms. The van der Waals surface area contributed by atoms with Crippen molar-refractivity contribution in [3.63, 3.8) is 0 Å². The molecule has 2 unspecified atom stereocenters. The van der Waals surface area contributed by atoms with Crippen molar-refractivity contribution in [3.8, 4) is 11.1 Å². The van der Waals surface area contributed by atoms with Crippen molar-refractivity contribution in [1.82, 2.24) is 15.3 Å². The maximum absolute atomic E-state index is 12.6. The monoisotopic (exact) mass is 409 g/mol. The van der Waals surface area contributed by atoms with Crippen LogP contribution in [-0.2, 0) is 16.0 Å². The minimum atomic E-state index is -1.13. The van der Waals surface area contributed by atoms with E-state index in [1.54, 1.807) is 13.0 Å². The number of amides is 1. The minimum absolute atomic E-state index is 0.0140. The Morgan fingerprint density at radius 2 is 1.69 bits per heavy atom. The molecule has 1 aromatic heterocycles. The number of carbonyl (C=O) groups excluding carboxylic acids is 1. The Labute approximate surface area is 173 Å². The maximum atomic E-state index is 12.6. The molecule has 1 amide bonds. The lowest BCUT2D eigenvalue weighted by Gasteiger charge is -2.18. The average Bonchev–Trinajstić information content (AvgIpc) is 2.74. The van der Waals surface area contributed by atoms with Gasteiger partial charge in [0.2, 0.25) is 5.91 Å². The molecule has 0 saturated carbocycles. The number of nitrogens with zero attached hydrogens (tertiary/aromatic N) is 2. The standard InChI is InChI=1S/C22H20ClN3O3/c1-14(15-7-9-16(10-8-15)17-5-2-3-6-18(17)23)21(27)26-19(22(28)29)13-20-24-11-4-12-25-20/h2-12,14,19H,13H2,1H3,(H,26,27)(H,28,29). The molecular weight excluding hydrogens is 390 g/mol. The molecule has 2 atom stereocenters. The first kappa shape index (κ1) is 20.5. The highest BCUT2D eigenvalue weighted by Gasteiger charge is 2.25. The summed E-state index contributed by atoms with van der Waals surface area (Å²) in [6.45, 7) is 1.73. The Kier molecular flexibility index (Phi) is 6.57. The minimum Gasteiger partial charge on any atom is -0.480 e. The smallest absolute Gasteiger partial charge is 0.326 e. The van der Waals surface area contributed by atoms with E-state index in [1.807, 2.05) is 48.5 Å². The van der Waals surface area contributed by atoms with Crippen molar-refractivity contribution >= 4 is 23.5 Å². The summed E-state index contributed by atoms with van der Waals surface area (Å²) < 4.78 is 0. The molecule has 3 rings (SSSR count). The molecular formula is C22H20ClN3O3. The van der Waals surface area contributed by atoms with Crippen LogP contribution in [0.5, 0.6) is 0 Å². The van der Waals surface area contributed by atoms with Gasteiger partial charge in [-0.15, -0.1) is 0 Å². The van der Waals surface area contributed by atoms with Crippen molar-refractivity contribution < 1.29 is 14.7 Å². The maximum Gasteiger partial charge on any atom is 0.326 e. The van der Waals surface area contributed by atoms with Gasteiger partial charge in [0.25, 0.3) is 0 Å². The predicted molar refractivity (Wildman–Crippen MR) is 111 cm³/mol. The molecule has 0 aliphatic carbocycles. The number of carboxylic acids is 1. The topological polar surface area (TPSA) is 92.2 Å². The third kappa shape index (κ3) is 5.18. The third-order valence-corrected chi connectivity index (χ3v) is 4.94. The molecule has 3 aromatic rings. The summed E-state index contributed by atoms with van der Waals surface area (Å²) in [5.74, 6) is -1.67. The Balaban J connectivity index is 1.70. The number of nitrogens with one attached hydrogen (secondary N) is 1. The first-order chi connectivity index (χ1) is 14.0. The zero-order chi connectivity index (χ0) is 20.8. The van der Waals surface area contributed by atoms with Crippen LogP contribution in [0.4, 0.5) is 0 Å². The Morgan fingerprint density at radius 1 is 1.03 bits per heavy atom. The molecule has 6 nitrogen and oxygen atoms in total. The van der Waals surface area contributed by atoms with Crippen LogP contribution in [0.15, 0.2) is 67.0 Å². The van der Waals surface area contributed by atoms with Gasteiger partial charge in [0.1, 0.15) is 11.9 Å². The summed E-state index contributed by atoms with van der Waals surface area (Å²) in [5.41, 5.74) is 2.63. The molecule has 2 N–H and O–H groups in total. The lowest BCUT2D eigenvalue weighted by Crippen LogP contribution is -2.44. The van der Waals surface area contributed by atoms with E-state index in [0.717, 1.165) is 16.7 Å². The van der Waals surface area contributed by atoms with Crippen molar-refractivity contribution in [2.24, 2.45) is 0 Å². The van der Waals surface area contributed by atoms with Crippen LogP contribution in [0.1, 0.15) is 24.2 Å². The summed E-state index contributed by atoms with van der Waals surface area (Å²) >= 11 is 6.24.